The smallest absolute Gasteiger partial charge is 0.303 e. The van der Waals surface area contributed by atoms with Crippen LogP contribution in [0.3, 0.4) is 0 Å². The van der Waals surface area contributed by atoms with E-state index in [2.05, 4.69) is 0 Å². The highest BCUT2D eigenvalue weighted by molar-refractivity contribution is 7.91. The van der Waals surface area contributed by atoms with Crippen molar-refractivity contribution in [3.8, 4) is 0 Å². The van der Waals surface area contributed by atoms with E-state index in [1.807, 2.05) is 6.92 Å². The predicted octanol–water partition coefficient (Wildman–Crippen LogP) is 1.31. The van der Waals surface area contributed by atoms with Crippen LogP contribution in [0, 0.1) is 11.8 Å². The molecule has 1 fully saturated rings. The quantitative estimate of drug-likeness (QED) is 0.796. The lowest BCUT2D eigenvalue weighted by Gasteiger charge is -2.24. The molecule has 1 rings (SSSR count). The first-order chi connectivity index (χ1) is 6.89. The third-order valence-electron chi connectivity index (χ3n) is 2.93. The highest BCUT2D eigenvalue weighted by atomic mass is 32.2. The molecule has 5 heteroatoms. The minimum atomic E-state index is -2.79. The Hall–Kier alpha value is -0.580. The SMILES string of the molecule is CC(CC(=O)O)CC1CCS(=O)(=O)CC1. The van der Waals surface area contributed by atoms with Gasteiger partial charge in [-0.2, -0.15) is 0 Å². The molecule has 15 heavy (non-hydrogen) atoms. The summed E-state index contributed by atoms with van der Waals surface area (Å²) < 4.78 is 22.3. The van der Waals surface area contributed by atoms with Crippen LogP contribution in [0.1, 0.15) is 32.6 Å². The number of hydrogen-bond donors (Lipinski definition) is 1. The molecule has 1 N–H and O–H groups in total. The van der Waals surface area contributed by atoms with Gasteiger partial charge >= 0.3 is 5.97 Å². The van der Waals surface area contributed by atoms with Crippen LogP contribution in [-0.4, -0.2) is 31.0 Å². The Balaban J connectivity index is 2.32. The lowest BCUT2D eigenvalue weighted by atomic mass is 9.90. The average molecular weight is 234 g/mol. The zero-order valence-electron chi connectivity index (χ0n) is 8.98. The van der Waals surface area contributed by atoms with Crippen molar-refractivity contribution in [2.24, 2.45) is 11.8 Å². The number of carboxylic acid groups (broad SMARTS) is 1. The van der Waals surface area contributed by atoms with Crippen molar-refractivity contribution in [2.45, 2.75) is 32.6 Å². The van der Waals surface area contributed by atoms with Crippen molar-refractivity contribution >= 4 is 15.8 Å². The molecule has 1 atom stereocenters. The standard InChI is InChI=1S/C10H18O4S/c1-8(7-10(11)12)6-9-2-4-15(13,14)5-3-9/h8-9H,2-7H2,1H3,(H,11,12). The summed E-state index contributed by atoms with van der Waals surface area (Å²) in [5.41, 5.74) is 0. The number of aliphatic carboxylic acids is 1. The first kappa shape index (κ1) is 12.5. The predicted molar refractivity (Wildman–Crippen MR) is 57.4 cm³/mol. The van der Waals surface area contributed by atoms with Gasteiger partial charge in [0.2, 0.25) is 0 Å². The van der Waals surface area contributed by atoms with Gasteiger partial charge in [-0.25, -0.2) is 8.42 Å². The summed E-state index contributed by atoms with van der Waals surface area (Å²) in [5, 5.41) is 8.60. The Kier molecular flexibility index (Phi) is 4.13. The lowest BCUT2D eigenvalue weighted by molar-refractivity contribution is -0.138. The first-order valence-corrected chi connectivity index (χ1v) is 7.13. The van der Waals surface area contributed by atoms with Gasteiger partial charge < -0.3 is 5.11 Å². The number of hydrogen-bond acceptors (Lipinski definition) is 3. The van der Waals surface area contributed by atoms with E-state index in [-0.39, 0.29) is 23.8 Å². The van der Waals surface area contributed by atoms with Crippen LogP contribution in [-0.2, 0) is 14.6 Å². The summed E-state index contributed by atoms with van der Waals surface area (Å²) >= 11 is 0. The molecule has 0 saturated carbocycles. The molecular weight excluding hydrogens is 216 g/mol. The Bertz CT molecular complexity index is 306. The molecule has 0 amide bonds. The van der Waals surface area contributed by atoms with Gasteiger partial charge in [0.1, 0.15) is 9.84 Å². The van der Waals surface area contributed by atoms with Crippen molar-refractivity contribution in [3.05, 3.63) is 0 Å². The van der Waals surface area contributed by atoms with Gasteiger partial charge in [0.25, 0.3) is 0 Å². The van der Waals surface area contributed by atoms with Crippen molar-refractivity contribution in [1.82, 2.24) is 0 Å². The molecule has 0 bridgehead atoms. The Morgan fingerprint density at radius 1 is 1.40 bits per heavy atom. The molecule has 1 aliphatic rings. The molecule has 0 aromatic heterocycles. The maximum atomic E-state index is 11.2. The van der Waals surface area contributed by atoms with Crippen molar-refractivity contribution < 1.29 is 18.3 Å². The molecule has 1 aliphatic heterocycles. The summed E-state index contributed by atoms with van der Waals surface area (Å²) in [6, 6.07) is 0. The van der Waals surface area contributed by atoms with Crippen LogP contribution in [0.2, 0.25) is 0 Å². The van der Waals surface area contributed by atoms with E-state index in [9.17, 15) is 13.2 Å². The molecule has 0 aromatic carbocycles. The molecule has 0 aromatic rings. The molecule has 0 radical (unpaired) electrons. The highest BCUT2D eigenvalue weighted by Crippen LogP contribution is 2.26. The van der Waals surface area contributed by atoms with Crippen LogP contribution in [0.25, 0.3) is 0 Å². The van der Waals surface area contributed by atoms with E-state index in [4.69, 9.17) is 5.11 Å². The topological polar surface area (TPSA) is 71.4 Å². The van der Waals surface area contributed by atoms with E-state index < -0.39 is 15.8 Å². The molecule has 1 unspecified atom stereocenters. The van der Waals surface area contributed by atoms with Gasteiger partial charge in [-0.1, -0.05) is 6.92 Å². The fourth-order valence-corrected chi connectivity index (χ4v) is 3.71. The molecule has 88 valence electrons. The normalized spacial score (nSPS) is 23.5. The maximum absolute atomic E-state index is 11.2. The summed E-state index contributed by atoms with van der Waals surface area (Å²) in [6.07, 6.45) is 2.42. The van der Waals surface area contributed by atoms with E-state index in [0.717, 1.165) is 6.42 Å². The van der Waals surface area contributed by atoms with Gasteiger partial charge in [-0.3, -0.25) is 4.79 Å². The Morgan fingerprint density at radius 3 is 2.40 bits per heavy atom. The minimum absolute atomic E-state index is 0.147. The van der Waals surface area contributed by atoms with Crippen molar-refractivity contribution in [3.63, 3.8) is 0 Å². The molecular formula is C10H18O4S. The summed E-state index contributed by atoms with van der Waals surface area (Å²) in [6.45, 7) is 1.91. The van der Waals surface area contributed by atoms with Gasteiger partial charge in [-0.05, 0) is 31.1 Å². The van der Waals surface area contributed by atoms with Crippen LogP contribution >= 0.6 is 0 Å². The fourth-order valence-electron chi connectivity index (χ4n) is 2.13. The molecule has 1 heterocycles. The summed E-state index contributed by atoms with van der Waals surface area (Å²) in [5.74, 6) is 0.316. The molecule has 0 aliphatic carbocycles. The molecule has 1 saturated heterocycles. The second-order valence-corrected chi connectivity index (χ2v) is 6.84. The molecule has 0 spiro atoms. The van der Waals surface area contributed by atoms with Crippen LogP contribution < -0.4 is 0 Å². The van der Waals surface area contributed by atoms with Crippen molar-refractivity contribution in [1.29, 1.82) is 0 Å². The zero-order valence-corrected chi connectivity index (χ0v) is 9.79. The molecule has 4 nitrogen and oxygen atoms in total. The van der Waals surface area contributed by atoms with Crippen LogP contribution in [0.4, 0.5) is 0 Å². The third kappa shape index (κ3) is 4.64. The summed E-state index contributed by atoms with van der Waals surface area (Å²) in [4.78, 5) is 10.5. The second kappa shape index (κ2) is 4.96. The largest absolute Gasteiger partial charge is 0.481 e. The maximum Gasteiger partial charge on any atom is 0.303 e. The number of sulfone groups is 1. The monoisotopic (exact) mass is 234 g/mol. The number of rotatable bonds is 4. The van der Waals surface area contributed by atoms with Gasteiger partial charge in [0.15, 0.2) is 0 Å². The average Bonchev–Trinajstić information content (AvgIpc) is 2.07. The van der Waals surface area contributed by atoms with E-state index in [1.54, 1.807) is 0 Å². The lowest BCUT2D eigenvalue weighted by Crippen LogP contribution is -2.24. The van der Waals surface area contributed by atoms with Gasteiger partial charge in [-0.15, -0.1) is 0 Å². The first-order valence-electron chi connectivity index (χ1n) is 5.31. The highest BCUT2D eigenvalue weighted by Gasteiger charge is 2.25. The summed E-state index contributed by atoms with van der Waals surface area (Å²) in [7, 11) is -2.79. The van der Waals surface area contributed by atoms with E-state index >= 15 is 0 Å². The van der Waals surface area contributed by atoms with E-state index in [0.29, 0.717) is 18.8 Å². The second-order valence-electron chi connectivity index (χ2n) is 4.53. The fraction of sp³-hybridized carbons (Fsp3) is 0.900. The number of carbonyl (C=O) groups is 1. The third-order valence-corrected chi connectivity index (χ3v) is 4.65. The Morgan fingerprint density at radius 2 is 1.93 bits per heavy atom. The van der Waals surface area contributed by atoms with Gasteiger partial charge in [0.05, 0.1) is 11.5 Å². The number of carboxylic acids is 1. The van der Waals surface area contributed by atoms with Crippen LogP contribution in [0.15, 0.2) is 0 Å². The van der Waals surface area contributed by atoms with Crippen molar-refractivity contribution in [2.75, 3.05) is 11.5 Å². The van der Waals surface area contributed by atoms with Gasteiger partial charge in [0, 0.05) is 6.42 Å². The zero-order chi connectivity index (χ0) is 11.5. The Labute approximate surface area is 90.6 Å². The van der Waals surface area contributed by atoms with Crippen LogP contribution in [0.5, 0.6) is 0 Å². The minimum Gasteiger partial charge on any atom is -0.481 e. The van der Waals surface area contributed by atoms with E-state index in [1.165, 1.54) is 0 Å².